The summed E-state index contributed by atoms with van der Waals surface area (Å²) >= 11 is 6.02. The van der Waals surface area contributed by atoms with Crippen molar-refractivity contribution in [3.8, 4) is 11.5 Å². The second-order valence-electron chi connectivity index (χ2n) is 9.02. The minimum absolute atomic E-state index is 0.0937. The molecular weight excluding hydrogens is 518 g/mol. The Balaban J connectivity index is 2.50. The maximum atomic E-state index is 13.8. The van der Waals surface area contributed by atoms with Gasteiger partial charge >= 0.3 is 0 Å². The third-order valence-electron chi connectivity index (χ3n) is 5.67. The summed E-state index contributed by atoms with van der Waals surface area (Å²) in [4.78, 5) is 28.3. The van der Waals surface area contributed by atoms with E-state index < -0.39 is 28.5 Å². The van der Waals surface area contributed by atoms with Crippen LogP contribution >= 0.6 is 11.6 Å². The molecule has 0 saturated carbocycles. The Hall–Kier alpha value is -2.98. The van der Waals surface area contributed by atoms with E-state index in [1.54, 1.807) is 43.3 Å². The van der Waals surface area contributed by atoms with E-state index >= 15 is 0 Å². The molecule has 9 nitrogen and oxygen atoms in total. The van der Waals surface area contributed by atoms with E-state index in [1.807, 2.05) is 13.8 Å². The molecule has 0 aromatic heterocycles. The molecule has 0 heterocycles. The Morgan fingerprint density at radius 3 is 2.22 bits per heavy atom. The largest absolute Gasteiger partial charge is 0.497 e. The lowest BCUT2D eigenvalue weighted by Gasteiger charge is -2.33. The van der Waals surface area contributed by atoms with Gasteiger partial charge in [-0.2, -0.15) is 0 Å². The van der Waals surface area contributed by atoms with Crippen molar-refractivity contribution in [2.75, 3.05) is 37.9 Å². The van der Waals surface area contributed by atoms with Crippen molar-refractivity contribution < 1.29 is 27.5 Å². The number of ether oxygens (including phenoxy) is 2. The highest BCUT2D eigenvalue weighted by Crippen LogP contribution is 2.34. The monoisotopic (exact) mass is 553 g/mol. The van der Waals surface area contributed by atoms with Crippen LogP contribution in [0.1, 0.15) is 32.8 Å². The first-order chi connectivity index (χ1) is 17.4. The van der Waals surface area contributed by atoms with Crippen molar-refractivity contribution in [3.05, 3.63) is 53.1 Å². The summed E-state index contributed by atoms with van der Waals surface area (Å²) in [6.45, 7) is 5.77. The van der Waals surface area contributed by atoms with Gasteiger partial charge in [0.25, 0.3) is 0 Å². The van der Waals surface area contributed by atoms with Gasteiger partial charge in [-0.1, -0.05) is 44.5 Å². The number of rotatable bonds is 13. The molecule has 0 aliphatic carbocycles. The van der Waals surface area contributed by atoms with Gasteiger partial charge < -0.3 is 19.7 Å². The van der Waals surface area contributed by atoms with Gasteiger partial charge in [0.2, 0.25) is 21.8 Å². The van der Waals surface area contributed by atoms with Crippen LogP contribution in [-0.4, -0.2) is 64.7 Å². The van der Waals surface area contributed by atoms with E-state index in [1.165, 1.54) is 25.2 Å². The van der Waals surface area contributed by atoms with Gasteiger partial charge in [0.05, 0.1) is 26.2 Å². The summed E-state index contributed by atoms with van der Waals surface area (Å²) in [5.41, 5.74) is 0.902. The number of anilines is 1. The van der Waals surface area contributed by atoms with Gasteiger partial charge in [-0.15, -0.1) is 0 Å². The molecular formula is C26H36ClN3O6S. The smallest absolute Gasteiger partial charge is 0.244 e. The molecule has 0 aliphatic rings. The first-order valence-electron chi connectivity index (χ1n) is 11.9. The summed E-state index contributed by atoms with van der Waals surface area (Å²) in [6.07, 6.45) is 1.35. The zero-order valence-corrected chi connectivity index (χ0v) is 23.7. The Morgan fingerprint density at radius 1 is 1.05 bits per heavy atom. The lowest BCUT2D eigenvalue weighted by Crippen LogP contribution is -2.52. The Kier molecular flexibility index (Phi) is 11.1. The molecule has 1 N–H and O–H groups in total. The van der Waals surface area contributed by atoms with E-state index in [0.29, 0.717) is 23.7 Å². The standard InChI is InChI=1S/C26H36ClN3O6S/c1-7-22(26(32)28-15-18(2)3)29(16-19-8-10-20(27)11-9-19)25(31)17-30(37(6,33)34)23-14-21(35-4)12-13-24(23)36-5/h8-14,18,22H,7,15-17H2,1-6H3,(H,28,32)/t22-/m1/s1. The normalized spacial score (nSPS) is 12.1. The van der Waals surface area contributed by atoms with Crippen molar-refractivity contribution >= 4 is 39.1 Å². The Bertz CT molecular complexity index is 1170. The highest BCUT2D eigenvalue weighted by atomic mass is 35.5. The summed E-state index contributed by atoms with van der Waals surface area (Å²) in [7, 11) is -1.06. The van der Waals surface area contributed by atoms with Crippen LogP contribution in [0.15, 0.2) is 42.5 Å². The maximum Gasteiger partial charge on any atom is 0.244 e. The predicted octanol–water partition coefficient (Wildman–Crippen LogP) is 3.70. The van der Waals surface area contributed by atoms with Crippen LogP contribution in [0.5, 0.6) is 11.5 Å². The second kappa shape index (κ2) is 13.5. The van der Waals surface area contributed by atoms with Crippen molar-refractivity contribution in [1.82, 2.24) is 10.2 Å². The fourth-order valence-corrected chi connectivity index (χ4v) is 4.69. The number of carbonyl (C=O) groups excluding carboxylic acids is 2. The summed E-state index contributed by atoms with van der Waals surface area (Å²) in [5, 5.41) is 3.43. The summed E-state index contributed by atoms with van der Waals surface area (Å²) < 4.78 is 37.3. The number of sulfonamides is 1. The third-order valence-corrected chi connectivity index (χ3v) is 7.05. The molecule has 0 radical (unpaired) electrons. The fraction of sp³-hybridized carbons (Fsp3) is 0.462. The predicted molar refractivity (Wildman–Crippen MR) is 146 cm³/mol. The number of hydrogen-bond acceptors (Lipinski definition) is 6. The van der Waals surface area contributed by atoms with Crippen LogP contribution < -0.4 is 19.1 Å². The van der Waals surface area contributed by atoms with Gasteiger partial charge in [0.1, 0.15) is 24.1 Å². The molecule has 2 rings (SSSR count). The number of amides is 2. The SMILES string of the molecule is CC[C@H](C(=O)NCC(C)C)N(Cc1ccc(Cl)cc1)C(=O)CN(c1cc(OC)ccc1OC)S(C)(=O)=O. The number of benzene rings is 2. The third kappa shape index (κ3) is 8.53. The number of nitrogens with one attached hydrogen (secondary N) is 1. The first kappa shape index (κ1) is 30.2. The lowest BCUT2D eigenvalue weighted by atomic mass is 10.1. The Morgan fingerprint density at radius 2 is 1.70 bits per heavy atom. The summed E-state index contributed by atoms with van der Waals surface area (Å²) in [5.74, 6) is 0.0303. The summed E-state index contributed by atoms with van der Waals surface area (Å²) in [6, 6.07) is 10.8. The second-order valence-corrected chi connectivity index (χ2v) is 11.4. The number of hydrogen-bond donors (Lipinski definition) is 1. The molecule has 2 aromatic rings. The minimum Gasteiger partial charge on any atom is -0.497 e. The molecule has 11 heteroatoms. The molecule has 0 fully saturated rings. The van der Waals surface area contributed by atoms with E-state index in [2.05, 4.69) is 5.32 Å². The van der Waals surface area contributed by atoms with Crippen LogP contribution in [-0.2, 0) is 26.2 Å². The first-order valence-corrected chi connectivity index (χ1v) is 14.1. The number of carbonyl (C=O) groups is 2. The van der Waals surface area contributed by atoms with Crippen LogP contribution in [0.4, 0.5) is 5.69 Å². The minimum atomic E-state index is -3.92. The zero-order valence-electron chi connectivity index (χ0n) is 22.2. The van der Waals surface area contributed by atoms with E-state index in [9.17, 15) is 18.0 Å². The number of halogens is 1. The fourth-order valence-electron chi connectivity index (χ4n) is 3.71. The van der Waals surface area contributed by atoms with Crippen molar-refractivity contribution in [2.24, 2.45) is 5.92 Å². The molecule has 0 bridgehead atoms. The lowest BCUT2D eigenvalue weighted by molar-refractivity contribution is -0.140. The highest BCUT2D eigenvalue weighted by molar-refractivity contribution is 7.92. The van der Waals surface area contributed by atoms with Gasteiger partial charge in [0, 0.05) is 24.2 Å². The molecule has 0 spiro atoms. The van der Waals surface area contributed by atoms with Crippen molar-refractivity contribution in [2.45, 2.75) is 39.8 Å². The molecule has 0 aliphatic heterocycles. The molecule has 37 heavy (non-hydrogen) atoms. The van der Waals surface area contributed by atoms with Crippen molar-refractivity contribution in [1.29, 1.82) is 0 Å². The average molecular weight is 554 g/mol. The van der Waals surface area contributed by atoms with E-state index in [4.69, 9.17) is 21.1 Å². The topological polar surface area (TPSA) is 105 Å². The molecule has 0 saturated heterocycles. The molecule has 204 valence electrons. The number of methoxy groups -OCH3 is 2. The Labute approximate surface area is 224 Å². The zero-order chi connectivity index (χ0) is 27.8. The van der Waals surface area contributed by atoms with Gasteiger partial charge in [0.15, 0.2) is 0 Å². The van der Waals surface area contributed by atoms with Crippen LogP contribution in [0.2, 0.25) is 5.02 Å². The molecule has 2 aromatic carbocycles. The van der Waals surface area contributed by atoms with Gasteiger partial charge in [-0.25, -0.2) is 8.42 Å². The molecule has 2 amide bonds. The van der Waals surface area contributed by atoms with Gasteiger partial charge in [-0.05, 0) is 42.2 Å². The van der Waals surface area contributed by atoms with Crippen LogP contribution in [0, 0.1) is 5.92 Å². The average Bonchev–Trinajstić information content (AvgIpc) is 2.85. The quantitative estimate of drug-likeness (QED) is 0.405. The van der Waals surface area contributed by atoms with Crippen LogP contribution in [0.3, 0.4) is 0 Å². The van der Waals surface area contributed by atoms with Crippen LogP contribution in [0.25, 0.3) is 0 Å². The van der Waals surface area contributed by atoms with Crippen molar-refractivity contribution in [3.63, 3.8) is 0 Å². The highest BCUT2D eigenvalue weighted by Gasteiger charge is 2.32. The molecule has 0 unspecified atom stereocenters. The van der Waals surface area contributed by atoms with E-state index in [0.717, 1.165) is 16.1 Å². The van der Waals surface area contributed by atoms with E-state index in [-0.39, 0.29) is 29.8 Å². The maximum absolute atomic E-state index is 13.8. The van der Waals surface area contributed by atoms with Gasteiger partial charge in [-0.3, -0.25) is 13.9 Å². The number of nitrogens with zero attached hydrogens (tertiary/aromatic N) is 2. The molecule has 1 atom stereocenters.